The van der Waals surface area contributed by atoms with E-state index in [2.05, 4.69) is 35.6 Å². The molecule has 5 atom stereocenters. The van der Waals surface area contributed by atoms with Crippen LogP contribution in [0.2, 0.25) is 0 Å². The van der Waals surface area contributed by atoms with Gasteiger partial charge in [0, 0.05) is 0 Å². The number of nitrogens with zero attached hydrogens (tertiary/aromatic N) is 3. The van der Waals surface area contributed by atoms with Gasteiger partial charge in [-0.25, -0.2) is 4.98 Å². The number of aromatic amines is 1. The van der Waals surface area contributed by atoms with Crippen molar-refractivity contribution in [1.82, 2.24) is 19.5 Å². The molecule has 0 spiro atoms. The fourth-order valence-corrected chi connectivity index (χ4v) is 4.77. The summed E-state index contributed by atoms with van der Waals surface area (Å²) in [6, 6.07) is 0. The van der Waals surface area contributed by atoms with Crippen molar-refractivity contribution in [2.24, 2.45) is 0 Å². The number of fused-ring (bicyclic) bond motifs is 1. The number of aliphatic hydroxyl groups is 2. The Hall–Kier alpha value is 0.502. The van der Waals surface area contributed by atoms with Crippen LogP contribution in [0.15, 0.2) is 11.1 Å². The van der Waals surface area contributed by atoms with Crippen LogP contribution >= 0.6 is 14.5 Å². The van der Waals surface area contributed by atoms with E-state index in [9.17, 15) is 34.3 Å². The van der Waals surface area contributed by atoms with Crippen LogP contribution in [0.5, 0.6) is 0 Å². The van der Waals surface area contributed by atoms with E-state index in [1.54, 1.807) is 0 Å². The van der Waals surface area contributed by atoms with Gasteiger partial charge in [0.05, 0.1) is 12.9 Å². The van der Waals surface area contributed by atoms with E-state index in [1.807, 2.05) is 0 Å². The molecule has 0 bridgehead atoms. The van der Waals surface area contributed by atoms with Gasteiger partial charge in [0.1, 0.15) is 18.3 Å². The molecule has 1 fully saturated rings. The quantitative estimate of drug-likeness (QED) is 0.223. The maximum absolute atomic E-state index is 11.8. The first-order chi connectivity index (χ1) is 12.9. The molecule has 3 rings (SSSR count). The van der Waals surface area contributed by atoms with Crippen LogP contribution in [-0.2, 0) is 29.9 Å². The van der Waals surface area contributed by atoms with E-state index in [0.29, 0.717) is 0 Å². The van der Waals surface area contributed by atoms with E-state index in [4.69, 9.17) is 10.5 Å². The second-order valence-corrected chi connectivity index (χ2v) is 9.64. The fraction of sp³-hybridized carbons (Fsp3) is 0.500. The Kier molecular flexibility index (Phi) is 12.0. The molecule has 0 radical (unpaired) electrons. The van der Waals surface area contributed by atoms with Crippen LogP contribution in [0.1, 0.15) is 6.23 Å². The number of phosphoric ester groups is 1. The topological polar surface area (TPSA) is 244 Å². The number of nitrogens with two attached hydrogens (primary N) is 1. The van der Waals surface area contributed by atoms with E-state index in [-0.39, 0.29) is 73.7 Å². The van der Waals surface area contributed by atoms with Gasteiger partial charge < -0.3 is 44.2 Å². The minimum atomic E-state index is -5.34. The van der Waals surface area contributed by atoms with E-state index < -0.39 is 51.2 Å². The van der Waals surface area contributed by atoms with Crippen molar-refractivity contribution in [3.63, 3.8) is 0 Å². The van der Waals surface area contributed by atoms with Crippen LogP contribution in [0.3, 0.4) is 0 Å². The molecule has 1 saturated heterocycles. The molecule has 1 aliphatic rings. The molecule has 21 heteroatoms. The van der Waals surface area contributed by atoms with Crippen molar-refractivity contribution in [2.75, 3.05) is 12.3 Å². The SMILES string of the molecule is Nc1nc2c(ncn2[C@@H]2O[C@H](COP(=O)([O-])OP([O-])([O-])=S)[C@@H](O)[C@H]2O)c(=O)[nH]1.[Li+].[Li+].[Li+]. The molecule has 0 aromatic carbocycles. The van der Waals surface area contributed by atoms with Crippen LogP contribution < -0.4 is 82.6 Å². The molecule has 1 aliphatic heterocycles. The third-order valence-electron chi connectivity index (χ3n) is 3.66. The van der Waals surface area contributed by atoms with Gasteiger partial charge in [-0.1, -0.05) is 6.72 Å². The molecule has 2 aromatic rings. The average molecular weight is 477 g/mol. The largest absolute Gasteiger partial charge is 1.00 e. The number of rotatable bonds is 6. The number of phosphoric acid groups is 1. The van der Waals surface area contributed by atoms with E-state index in [0.717, 1.165) is 10.9 Å². The summed E-state index contributed by atoms with van der Waals surface area (Å²) < 4.78 is 25.9. The normalized spacial score (nSPS) is 25.2. The molecule has 5 N–H and O–H groups in total. The van der Waals surface area contributed by atoms with Crippen LogP contribution in [-0.4, -0.2) is 54.7 Å². The fourth-order valence-electron chi connectivity index (χ4n) is 2.54. The Morgan fingerprint density at radius 3 is 2.48 bits per heavy atom. The molecule has 0 amide bonds. The minimum Gasteiger partial charge on any atom is -0.812 e. The molecule has 2 aromatic heterocycles. The Bertz CT molecular complexity index is 1050. The summed E-state index contributed by atoms with van der Waals surface area (Å²) in [5.41, 5.74) is 4.64. The third-order valence-corrected chi connectivity index (χ3v) is 6.32. The number of aromatic nitrogens is 4. The summed E-state index contributed by atoms with van der Waals surface area (Å²) in [7, 11) is -5.34. The molecular weight excluding hydrogens is 465 g/mol. The molecule has 3 heterocycles. The number of nitrogen functional groups attached to an aromatic ring is 1. The van der Waals surface area contributed by atoms with Crippen LogP contribution in [0.25, 0.3) is 11.2 Å². The van der Waals surface area contributed by atoms with Crippen LogP contribution in [0.4, 0.5) is 5.95 Å². The number of H-pyrrole nitrogens is 1. The summed E-state index contributed by atoms with van der Waals surface area (Å²) in [6.07, 6.45) is -4.91. The molecule has 0 aliphatic carbocycles. The van der Waals surface area contributed by atoms with Crippen molar-refractivity contribution in [1.29, 1.82) is 0 Å². The Morgan fingerprint density at radius 1 is 1.29 bits per heavy atom. The van der Waals surface area contributed by atoms with Crippen LogP contribution in [0, 0.1) is 0 Å². The van der Waals surface area contributed by atoms with Gasteiger partial charge in [-0.3, -0.25) is 18.9 Å². The molecule has 15 nitrogen and oxygen atoms in total. The standard InChI is InChI=1S/C10H15N5O10P2S.3Li/c11-10-13-7-4(8(18)14-10)12-2-15(7)9-6(17)5(16)3(24-9)1-23-26(19,20)25-27(21,22)28;;;/h2-3,5-6,9,16-17H,1H2,(H,19,20)(H2,21,22,28)(H3,11,13,14,18);;;/q;3*+1/p-3/t3-,5-,6-,9-;;;/m1.../s1. The monoisotopic (exact) mass is 477 g/mol. The zero-order valence-electron chi connectivity index (χ0n) is 16.5. The molecule has 1 unspecified atom stereocenters. The molecule has 156 valence electrons. The smallest absolute Gasteiger partial charge is 0.812 e. The number of hydrogen-bond acceptors (Lipinski definition) is 14. The number of aliphatic hydroxyl groups excluding tert-OH is 2. The maximum Gasteiger partial charge on any atom is 1.00 e. The number of nitrogens with one attached hydrogen (secondary N) is 1. The Balaban J connectivity index is 0.00000300. The molecular formula is C10H12Li3N5O10P2S. The zero-order valence-corrected chi connectivity index (χ0v) is 19.1. The third kappa shape index (κ3) is 7.49. The maximum atomic E-state index is 11.8. The number of imidazole rings is 1. The molecule has 31 heavy (non-hydrogen) atoms. The summed E-state index contributed by atoms with van der Waals surface area (Å²) in [6.45, 7) is -5.94. The molecule has 0 saturated carbocycles. The summed E-state index contributed by atoms with van der Waals surface area (Å²) in [5, 5.41) is 20.3. The van der Waals surface area contributed by atoms with Crippen molar-refractivity contribution in [2.45, 2.75) is 24.5 Å². The Labute approximate surface area is 215 Å². The number of ether oxygens (including phenoxy) is 1. The van der Waals surface area contributed by atoms with Gasteiger partial charge in [0.25, 0.3) is 13.4 Å². The predicted octanol–water partition coefficient (Wildman–Crippen LogP) is -13.2. The average Bonchev–Trinajstić information content (AvgIpc) is 3.06. The first kappa shape index (κ1) is 31.5. The van der Waals surface area contributed by atoms with E-state index in [1.165, 1.54) is 0 Å². The van der Waals surface area contributed by atoms with Gasteiger partial charge in [-0.2, -0.15) is 4.98 Å². The van der Waals surface area contributed by atoms with Gasteiger partial charge in [0.15, 0.2) is 17.4 Å². The predicted molar refractivity (Wildman–Crippen MR) is 87.4 cm³/mol. The second kappa shape index (κ2) is 11.8. The van der Waals surface area contributed by atoms with Crippen molar-refractivity contribution < 1.29 is 99.6 Å². The summed E-state index contributed by atoms with van der Waals surface area (Å²) >= 11 is 3.81. The van der Waals surface area contributed by atoms with Gasteiger partial charge in [-0.15, -0.1) is 11.8 Å². The number of anilines is 1. The van der Waals surface area contributed by atoms with Gasteiger partial charge in [-0.05, 0) is 0 Å². The van der Waals surface area contributed by atoms with Crippen molar-refractivity contribution >= 4 is 43.5 Å². The first-order valence-corrected chi connectivity index (χ1v) is 11.3. The second-order valence-electron chi connectivity index (χ2n) is 5.59. The Morgan fingerprint density at radius 2 is 1.90 bits per heavy atom. The minimum absolute atomic E-state index is 0. The zero-order chi connectivity index (χ0) is 20.9. The van der Waals surface area contributed by atoms with E-state index >= 15 is 0 Å². The summed E-state index contributed by atoms with van der Waals surface area (Å²) in [4.78, 5) is 54.6. The van der Waals surface area contributed by atoms with Gasteiger partial charge >= 0.3 is 56.6 Å². The first-order valence-electron chi connectivity index (χ1n) is 7.31. The summed E-state index contributed by atoms with van der Waals surface area (Å²) in [5.74, 6) is -0.234. The van der Waals surface area contributed by atoms with Gasteiger partial charge in [0.2, 0.25) is 5.95 Å². The number of hydrogen-bond donors (Lipinski definition) is 4. The van der Waals surface area contributed by atoms with Crippen molar-refractivity contribution in [3.8, 4) is 0 Å². The van der Waals surface area contributed by atoms with Crippen molar-refractivity contribution in [3.05, 3.63) is 16.7 Å².